The summed E-state index contributed by atoms with van der Waals surface area (Å²) in [5, 5.41) is 11.2. The summed E-state index contributed by atoms with van der Waals surface area (Å²) in [6.45, 7) is 3.18. The molecule has 2 atom stereocenters. The lowest BCUT2D eigenvalue weighted by molar-refractivity contribution is -0.167. The average Bonchev–Trinajstić information content (AvgIpc) is 3.50. The van der Waals surface area contributed by atoms with Crippen LogP contribution >= 0.6 is 0 Å². The molecule has 0 saturated carbocycles. The molecular formula is C27H29F5N6O4. The van der Waals surface area contributed by atoms with Crippen molar-refractivity contribution in [1.82, 2.24) is 20.0 Å². The minimum atomic E-state index is -5.23. The molecule has 0 spiro atoms. The van der Waals surface area contributed by atoms with E-state index in [-0.39, 0.29) is 18.3 Å². The number of para-hydroxylation sites is 1. The quantitative estimate of drug-likeness (QED) is 0.302. The minimum Gasteiger partial charge on any atom is -0.475 e. The zero-order valence-electron chi connectivity index (χ0n) is 22.7. The van der Waals surface area contributed by atoms with Gasteiger partial charge in [0.25, 0.3) is 5.88 Å². The minimum absolute atomic E-state index is 0.00161. The van der Waals surface area contributed by atoms with Crippen LogP contribution in [0.2, 0.25) is 0 Å². The number of hydrogen-bond donors (Lipinski definition) is 3. The van der Waals surface area contributed by atoms with E-state index in [4.69, 9.17) is 9.47 Å². The van der Waals surface area contributed by atoms with Gasteiger partial charge in [0.15, 0.2) is 17.5 Å². The summed E-state index contributed by atoms with van der Waals surface area (Å²) in [4.78, 5) is 27.2. The summed E-state index contributed by atoms with van der Waals surface area (Å²) in [6, 6.07) is 10.2. The van der Waals surface area contributed by atoms with Gasteiger partial charge in [-0.1, -0.05) is 24.3 Å². The molecule has 2 unspecified atom stereocenters. The van der Waals surface area contributed by atoms with Crippen LogP contribution in [0.1, 0.15) is 18.4 Å². The molecule has 1 saturated heterocycles. The van der Waals surface area contributed by atoms with Gasteiger partial charge in [0, 0.05) is 32.7 Å². The first-order valence-electron chi connectivity index (χ1n) is 12.9. The number of carbonyl (C=O) groups is 2. The van der Waals surface area contributed by atoms with E-state index in [0.29, 0.717) is 37.5 Å². The Morgan fingerprint density at radius 2 is 1.79 bits per heavy atom. The van der Waals surface area contributed by atoms with Gasteiger partial charge in [-0.3, -0.25) is 15.0 Å². The van der Waals surface area contributed by atoms with E-state index in [1.807, 2.05) is 4.90 Å². The summed E-state index contributed by atoms with van der Waals surface area (Å²) in [6.07, 6.45) is -5.23. The number of methoxy groups -OCH3 is 1. The Balaban J connectivity index is 1.66. The fourth-order valence-corrected chi connectivity index (χ4v) is 4.63. The molecule has 0 radical (unpaired) electrons. The number of aromatic nitrogens is 2. The third kappa shape index (κ3) is 7.15. The van der Waals surface area contributed by atoms with Crippen molar-refractivity contribution in [2.24, 2.45) is 0 Å². The summed E-state index contributed by atoms with van der Waals surface area (Å²) < 4.78 is 78.9. The number of likely N-dealkylation sites (tertiary alicyclic amines) is 1. The standard InChI is InChI=1S/C27H29F5N6O4/c1-3-42-24-22(34-25(39)27(30,31)32)23(38(36-24)17-7-5-4-6-8-17)35-26(40)33-21-15-37(11-12-41-2)14-18(21)16-9-10-19(28)20(29)13-16/h4-10,13,18,21H,3,11-12,14-15H2,1-2H3,(H,34,39)(H2,33,35,40). The number of anilines is 2. The second-order valence-corrected chi connectivity index (χ2v) is 9.40. The van der Waals surface area contributed by atoms with Gasteiger partial charge in [0.05, 0.1) is 24.9 Å². The number of nitrogens with one attached hydrogen (secondary N) is 3. The van der Waals surface area contributed by atoms with Crippen molar-refractivity contribution in [2.75, 3.05) is 50.6 Å². The van der Waals surface area contributed by atoms with Crippen LogP contribution in [0.4, 0.5) is 38.3 Å². The molecule has 1 aromatic heterocycles. The molecule has 10 nitrogen and oxygen atoms in total. The Labute approximate surface area is 237 Å². The van der Waals surface area contributed by atoms with Crippen LogP contribution < -0.4 is 20.7 Å². The highest BCUT2D eigenvalue weighted by molar-refractivity contribution is 6.02. The largest absolute Gasteiger partial charge is 0.475 e. The first-order chi connectivity index (χ1) is 20.0. The van der Waals surface area contributed by atoms with Crippen LogP contribution in [-0.2, 0) is 9.53 Å². The second kappa shape index (κ2) is 13.2. The Morgan fingerprint density at radius 3 is 2.43 bits per heavy atom. The fourth-order valence-electron chi connectivity index (χ4n) is 4.63. The highest BCUT2D eigenvalue weighted by Crippen LogP contribution is 2.36. The van der Waals surface area contributed by atoms with E-state index in [1.54, 1.807) is 42.6 Å². The lowest BCUT2D eigenvalue weighted by Gasteiger charge is -2.21. The Morgan fingerprint density at radius 1 is 1.05 bits per heavy atom. The van der Waals surface area contributed by atoms with Crippen molar-refractivity contribution in [2.45, 2.75) is 25.1 Å². The number of nitrogens with zero attached hydrogens (tertiary/aromatic N) is 3. The summed E-state index contributed by atoms with van der Waals surface area (Å²) in [7, 11) is 1.54. The first kappa shape index (κ1) is 30.7. The normalized spacial score (nSPS) is 17.2. The lowest BCUT2D eigenvalue weighted by atomic mass is 9.94. The topological polar surface area (TPSA) is 110 Å². The molecule has 3 aromatic rings. The van der Waals surface area contributed by atoms with E-state index < -0.39 is 47.4 Å². The van der Waals surface area contributed by atoms with Crippen molar-refractivity contribution in [3.8, 4) is 11.6 Å². The van der Waals surface area contributed by atoms with Gasteiger partial charge in [0.2, 0.25) is 0 Å². The molecule has 1 aliphatic heterocycles. The van der Waals surface area contributed by atoms with Crippen LogP contribution in [0.25, 0.3) is 5.69 Å². The predicted octanol–water partition coefficient (Wildman–Crippen LogP) is 4.29. The average molecular weight is 597 g/mol. The fraction of sp³-hybridized carbons (Fsp3) is 0.370. The second-order valence-electron chi connectivity index (χ2n) is 9.40. The van der Waals surface area contributed by atoms with Gasteiger partial charge in [-0.2, -0.15) is 13.2 Å². The van der Waals surface area contributed by atoms with E-state index in [9.17, 15) is 31.5 Å². The molecule has 1 fully saturated rings. The number of carbonyl (C=O) groups excluding carboxylic acids is 2. The first-order valence-corrected chi connectivity index (χ1v) is 12.9. The number of hydrogen-bond acceptors (Lipinski definition) is 6. The molecule has 0 aliphatic carbocycles. The van der Waals surface area contributed by atoms with Crippen LogP contribution in [0.15, 0.2) is 48.5 Å². The van der Waals surface area contributed by atoms with Crippen molar-refractivity contribution >= 4 is 23.4 Å². The molecule has 2 heterocycles. The highest BCUT2D eigenvalue weighted by atomic mass is 19.4. The van der Waals surface area contributed by atoms with Crippen LogP contribution in [0, 0.1) is 11.6 Å². The predicted molar refractivity (Wildman–Crippen MR) is 143 cm³/mol. The van der Waals surface area contributed by atoms with Gasteiger partial charge in [-0.25, -0.2) is 18.3 Å². The molecule has 4 rings (SSSR count). The zero-order valence-corrected chi connectivity index (χ0v) is 22.7. The SMILES string of the molecule is CCOc1nn(-c2ccccc2)c(NC(=O)NC2CN(CCOC)CC2c2ccc(F)c(F)c2)c1NC(=O)C(F)(F)F. The van der Waals surface area contributed by atoms with Crippen molar-refractivity contribution in [3.63, 3.8) is 0 Å². The van der Waals surface area contributed by atoms with E-state index in [1.165, 1.54) is 13.2 Å². The number of halogens is 5. The molecule has 3 N–H and O–H groups in total. The van der Waals surface area contributed by atoms with Crippen LogP contribution in [0.5, 0.6) is 5.88 Å². The van der Waals surface area contributed by atoms with Gasteiger partial charge >= 0.3 is 18.1 Å². The monoisotopic (exact) mass is 596 g/mol. The number of urea groups is 1. The van der Waals surface area contributed by atoms with Crippen LogP contribution in [-0.4, -0.2) is 78.8 Å². The summed E-state index contributed by atoms with van der Waals surface area (Å²) in [5.41, 5.74) is 0.307. The lowest BCUT2D eigenvalue weighted by Crippen LogP contribution is -2.42. The number of benzene rings is 2. The van der Waals surface area contributed by atoms with Crippen LogP contribution in [0.3, 0.4) is 0 Å². The van der Waals surface area contributed by atoms with Gasteiger partial charge in [-0.15, -0.1) is 5.10 Å². The molecule has 226 valence electrons. The molecule has 2 aromatic carbocycles. The van der Waals surface area contributed by atoms with E-state index in [2.05, 4.69) is 15.7 Å². The Hall–Kier alpha value is -4.24. The van der Waals surface area contributed by atoms with E-state index >= 15 is 0 Å². The smallest absolute Gasteiger partial charge is 0.471 e. The number of rotatable bonds is 10. The van der Waals surface area contributed by atoms with E-state index in [0.717, 1.165) is 16.8 Å². The van der Waals surface area contributed by atoms with Crippen molar-refractivity contribution < 1.29 is 41.0 Å². The molecule has 0 bridgehead atoms. The summed E-state index contributed by atoms with van der Waals surface area (Å²) in [5.74, 6) is -5.43. The third-order valence-electron chi connectivity index (χ3n) is 6.56. The number of ether oxygens (including phenoxy) is 2. The molecular weight excluding hydrogens is 567 g/mol. The highest BCUT2D eigenvalue weighted by Gasteiger charge is 2.41. The molecule has 42 heavy (non-hydrogen) atoms. The molecule has 3 amide bonds. The number of amides is 3. The maximum absolute atomic E-state index is 14.1. The van der Waals surface area contributed by atoms with Crippen molar-refractivity contribution in [3.05, 3.63) is 65.7 Å². The third-order valence-corrected chi connectivity index (χ3v) is 6.56. The zero-order chi connectivity index (χ0) is 30.4. The van der Waals surface area contributed by atoms with Crippen molar-refractivity contribution in [1.29, 1.82) is 0 Å². The maximum Gasteiger partial charge on any atom is 0.471 e. The molecule has 15 heteroatoms. The Bertz CT molecular complexity index is 1400. The maximum atomic E-state index is 14.1. The molecule has 1 aliphatic rings. The summed E-state index contributed by atoms with van der Waals surface area (Å²) >= 11 is 0. The number of alkyl halides is 3. The Kier molecular flexibility index (Phi) is 9.63. The van der Waals surface area contributed by atoms with Gasteiger partial charge in [0.1, 0.15) is 5.69 Å². The van der Waals surface area contributed by atoms with Gasteiger partial charge in [-0.05, 0) is 36.8 Å². The van der Waals surface area contributed by atoms with Gasteiger partial charge < -0.3 is 20.1 Å².